The second kappa shape index (κ2) is 8.64. The topological polar surface area (TPSA) is 84.9 Å². The lowest BCUT2D eigenvalue weighted by Crippen LogP contribution is -2.43. The van der Waals surface area contributed by atoms with Crippen molar-refractivity contribution >= 4 is 11.9 Å². The highest BCUT2D eigenvalue weighted by molar-refractivity contribution is 6.01. The van der Waals surface area contributed by atoms with Crippen LogP contribution >= 0.6 is 0 Å². The number of Topliss-reactive ketones (excluding diaryl/α,β-unsaturated/α-hetero) is 1. The maximum absolute atomic E-state index is 14.1. The molecule has 1 amide bonds. The van der Waals surface area contributed by atoms with Crippen molar-refractivity contribution < 1.29 is 28.6 Å². The Bertz CT molecular complexity index is 807. The smallest absolute Gasteiger partial charge is 0.408 e. The molecule has 1 saturated carbocycles. The predicted octanol–water partition coefficient (Wildman–Crippen LogP) is 2.84. The fraction of sp³-hybridized carbons (Fsp3) is 0.300. The van der Waals surface area contributed by atoms with Crippen LogP contribution in [0.3, 0.4) is 0 Å². The van der Waals surface area contributed by atoms with Gasteiger partial charge in [0.15, 0.2) is 17.3 Å². The van der Waals surface area contributed by atoms with Crippen molar-refractivity contribution in [1.82, 2.24) is 5.32 Å². The molecule has 142 valence electrons. The highest BCUT2D eigenvalue weighted by Crippen LogP contribution is 2.29. The lowest BCUT2D eigenvalue weighted by molar-refractivity contribution is 0.0863. The van der Waals surface area contributed by atoms with Crippen LogP contribution in [-0.4, -0.2) is 35.7 Å². The molecule has 27 heavy (non-hydrogen) atoms. The summed E-state index contributed by atoms with van der Waals surface area (Å²) >= 11 is 0. The van der Waals surface area contributed by atoms with E-state index in [0.717, 1.165) is 24.5 Å². The third kappa shape index (κ3) is 5.27. The summed E-state index contributed by atoms with van der Waals surface area (Å²) in [7, 11) is 0. The first-order chi connectivity index (χ1) is 13.1. The second-order valence-electron chi connectivity index (χ2n) is 6.27. The highest BCUT2D eigenvalue weighted by atomic mass is 19.1. The largest absolute Gasteiger partial charge is 0.487 e. The molecule has 3 rings (SSSR count). The molecule has 1 fully saturated rings. The minimum absolute atomic E-state index is 0.0260. The molecule has 2 aromatic rings. The number of alkyl carbamates (subject to hydrolysis) is 1. The van der Waals surface area contributed by atoms with Gasteiger partial charge in [0.1, 0.15) is 12.6 Å². The molecular weight excluding hydrogens is 353 g/mol. The minimum Gasteiger partial charge on any atom is -0.487 e. The third-order valence-corrected chi connectivity index (χ3v) is 4.04. The van der Waals surface area contributed by atoms with Gasteiger partial charge in [-0.3, -0.25) is 4.79 Å². The molecule has 0 saturated heterocycles. The summed E-state index contributed by atoms with van der Waals surface area (Å²) in [6.45, 7) is -0.609. The number of hydrogen-bond donors (Lipinski definition) is 2. The third-order valence-electron chi connectivity index (χ3n) is 4.04. The van der Waals surface area contributed by atoms with Crippen LogP contribution in [0.1, 0.15) is 28.8 Å². The normalized spacial score (nSPS) is 14.3. The predicted molar refractivity (Wildman–Crippen MR) is 95.0 cm³/mol. The number of carbonyl (C=O) groups excluding carboxylic acids is 2. The number of benzene rings is 2. The van der Waals surface area contributed by atoms with Crippen molar-refractivity contribution in [2.75, 3.05) is 6.61 Å². The van der Waals surface area contributed by atoms with E-state index in [9.17, 15) is 19.1 Å². The van der Waals surface area contributed by atoms with Crippen LogP contribution in [0.2, 0.25) is 0 Å². The van der Waals surface area contributed by atoms with E-state index in [1.165, 1.54) is 12.1 Å². The van der Waals surface area contributed by atoms with Crippen molar-refractivity contribution in [2.24, 2.45) is 0 Å². The summed E-state index contributed by atoms with van der Waals surface area (Å²) in [4.78, 5) is 24.3. The van der Waals surface area contributed by atoms with Gasteiger partial charge in [0, 0.05) is 5.56 Å². The van der Waals surface area contributed by atoms with Crippen LogP contribution in [0.5, 0.6) is 5.75 Å². The van der Waals surface area contributed by atoms with Gasteiger partial charge in [0.25, 0.3) is 0 Å². The monoisotopic (exact) mass is 373 g/mol. The minimum atomic E-state index is -1.23. The van der Waals surface area contributed by atoms with Crippen LogP contribution in [0.25, 0.3) is 0 Å². The zero-order valence-corrected chi connectivity index (χ0v) is 14.6. The number of halogens is 1. The van der Waals surface area contributed by atoms with Crippen LogP contribution in [0.15, 0.2) is 48.5 Å². The van der Waals surface area contributed by atoms with E-state index in [0.29, 0.717) is 0 Å². The molecular formula is C20H20FNO5. The first-order valence-electron chi connectivity index (χ1n) is 8.65. The number of nitrogens with one attached hydrogen (secondary N) is 1. The van der Waals surface area contributed by atoms with Gasteiger partial charge in [-0.25, -0.2) is 9.18 Å². The Labute approximate surface area is 155 Å². The molecule has 0 aliphatic heterocycles. The van der Waals surface area contributed by atoms with Crippen LogP contribution in [0, 0.1) is 5.82 Å². The van der Waals surface area contributed by atoms with Crippen LogP contribution in [0.4, 0.5) is 9.18 Å². The Kier molecular flexibility index (Phi) is 6.03. The summed E-state index contributed by atoms with van der Waals surface area (Å²) in [5.74, 6) is -1.19. The fourth-order valence-corrected chi connectivity index (χ4v) is 2.42. The van der Waals surface area contributed by atoms with Gasteiger partial charge in [0.2, 0.25) is 0 Å². The fourth-order valence-electron chi connectivity index (χ4n) is 2.42. The zero-order valence-electron chi connectivity index (χ0n) is 14.6. The van der Waals surface area contributed by atoms with Gasteiger partial charge in [-0.2, -0.15) is 0 Å². The number of ether oxygens (including phenoxy) is 2. The number of hydrogen-bond acceptors (Lipinski definition) is 5. The van der Waals surface area contributed by atoms with Gasteiger partial charge in [-0.1, -0.05) is 30.3 Å². The van der Waals surface area contributed by atoms with E-state index in [4.69, 9.17) is 9.47 Å². The van der Waals surface area contributed by atoms with Gasteiger partial charge < -0.3 is 19.9 Å². The quantitative estimate of drug-likeness (QED) is 0.695. The number of rotatable bonds is 8. The first-order valence-corrected chi connectivity index (χ1v) is 8.65. The summed E-state index contributed by atoms with van der Waals surface area (Å²) in [6, 6.07) is 11.6. The number of amides is 1. The Morgan fingerprint density at radius 1 is 1.19 bits per heavy atom. The number of aliphatic hydroxyl groups excluding tert-OH is 1. The van der Waals surface area contributed by atoms with Crippen LogP contribution in [-0.2, 0) is 11.3 Å². The highest BCUT2D eigenvalue weighted by Gasteiger charge is 2.26. The Morgan fingerprint density at radius 2 is 1.93 bits per heavy atom. The molecule has 0 unspecified atom stereocenters. The summed E-state index contributed by atoms with van der Waals surface area (Å²) in [6.07, 6.45) is 0.969. The van der Waals surface area contributed by atoms with E-state index in [2.05, 4.69) is 5.32 Å². The van der Waals surface area contributed by atoms with Crippen molar-refractivity contribution in [3.05, 3.63) is 65.5 Å². The van der Waals surface area contributed by atoms with E-state index >= 15 is 0 Å². The van der Waals surface area contributed by atoms with Gasteiger partial charge >= 0.3 is 6.09 Å². The van der Waals surface area contributed by atoms with Gasteiger partial charge in [-0.05, 0) is 36.6 Å². The maximum Gasteiger partial charge on any atom is 0.408 e. The Morgan fingerprint density at radius 3 is 2.56 bits per heavy atom. The number of ketones is 1. The van der Waals surface area contributed by atoms with E-state index < -0.39 is 30.3 Å². The van der Waals surface area contributed by atoms with E-state index in [1.807, 2.05) is 18.2 Å². The van der Waals surface area contributed by atoms with Crippen molar-refractivity contribution in [2.45, 2.75) is 31.6 Å². The molecule has 0 radical (unpaired) electrons. The maximum atomic E-state index is 14.1. The Balaban J connectivity index is 1.58. The van der Waals surface area contributed by atoms with Gasteiger partial charge in [0.05, 0.1) is 12.7 Å². The van der Waals surface area contributed by atoms with Crippen LogP contribution < -0.4 is 10.1 Å². The summed E-state index contributed by atoms with van der Waals surface area (Å²) < 4.78 is 24.5. The Hall–Kier alpha value is -2.93. The average Bonchev–Trinajstić information content (AvgIpc) is 3.50. The molecule has 0 spiro atoms. The molecule has 1 aliphatic rings. The summed E-state index contributed by atoms with van der Waals surface area (Å²) in [5.41, 5.74) is 0.811. The van der Waals surface area contributed by atoms with E-state index in [1.54, 1.807) is 12.1 Å². The second-order valence-corrected chi connectivity index (χ2v) is 6.27. The first kappa shape index (κ1) is 18.8. The molecule has 0 bridgehead atoms. The average molecular weight is 373 g/mol. The lowest BCUT2D eigenvalue weighted by atomic mass is 10.0. The molecule has 0 aromatic heterocycles. The standard InChI is InChI=1S/C20H20FNO5/c21-16-10-14(6-9-18(16)27-15-7-8-15)19(24)17(11-23)22-20(25)26-12-13-4-2-1-3-5-13/h1-6,9-10,15,17,23H,7-8,11-12H2,(H,22,25)/t17-/m1/s1. The number of aliphatic hydroxyl groups is 1. The molecule has 0 heterocycles. The summed E-state index contributed by atoms with van der Waals surface area (Å²) in [5, 5.41) is 11.7. The van der Waals surface area contributed by atoms with Crippen molar-refractivity contribution in [1.29, 1.82) is 0 Å². The SMILES string of the molecule is O=C(N[C@H](CO)C(=O)c1ccc(OC2CC2)c(F)c1)OCc1ccccc1. The van der Waals surface area contributed by atoms with Gasteiger partial charge in [-0.15, -0.1) is 0 Å². The molecule has 2 aromatic carbocycles. The molecule has 6 nitrogen and oxygen atoms in total. The molecule has 2 N–H and O–H groups in total. The van der Waals surface area contributed by atoms with E-state index in [-0.39, 0.29) is 24.0 Å². The molecule has 7 heteroatoms. The molecule has 1 atom stereocenters. The van der Waals surface area contributed by atoms with Crippen molar-refractivity contribution in [3.63, 3.8) is 0 Å². The number of carbonyl (C=O) groups is 2. The molecule has 1 aliphatic carbocycles. The van der Waals surface area contributed by atoms with Crippen molar-refractivity contribution in [3.8, 4) is 5.75 Å². The zero-order chi connectivity index (χ0) is 19.2. The lowest BCUT2D eigenvalue weighted by Gasteiger charge is -2.16.